The van der Waals surface area contributed by atoms with Gasteiger partial charge in [0.05, 0.1) is 6.04 Å². The number of rotatable bonds is 5. The quantitative estimate of drug-likeness (QED) is 0.875. The molecule has 1 aromatic carbocycles. The molecular formula is C16H19BrN2O. The molecule has 2 rings (SSSR count). The molecular weight excluding hydrogens is 316 g/mol. The number of hydrogen-bond acceptors (Lipinski definition) is 1. The summed E-state index contributed by atoms with van der Waals surface area (Å²) in [7, 11) is 0. The minimum atomic E-state index is -0.0340. The summed E-state index contributed by atoms with van der Waals surface area (Å²) >= 11 is 3.42. The van der Waals surface area contributed by atoms with Gasteiger partial charge in [-0.25, -0.2) is 0 Å². The van der Waals surface area contributed by atoms with E-state index in [-0.39, 0.29) is 11.9 Å². The lowest BCUT2D eigenvalue weighted by Crippen LogP contribution is -2.29. The summed E-state index contributed by atoms with van der Waals surface area (Å²) in [5.74, 6) is -0.0340. The van der Waals surface area contributed by atoms with Gasteiger partial charge in [0.25, 0.3) is 5.91 Å². The van der Waals surface area contributed by atoms with Crippen LogP contribution in [-0.2, 0) is 6.54 Å². The molecule has 0 saturated heterocycles. The van der Waals surface area contributed by atoms with Gasteiger partial charge in [-0.05, 0) is 40.9 Å². The lowest BCUT2D eigenvalue weighted by Gasteiger charge is -2.18. The first-order chi connectivity index (χ1) is 9.65. The van der Waals surface area contributed by atoms with E-state index in [1.165, 1.54) is 0 Å². The molecule has 20 heavy (non-hydrogen) atoms. The lowest BCUT2D eigenvalue weighted by molar-refractivity contribution is 0.0926. The zero-order valence-electron chi connectivity index (χ0n) is 11.8. The molecule has 1 amide bonds. The smallest absolute Gasteiger partial charge is 0.268 e. The largest absolute Gasteiger partial charge is 0.344 e. The van der Waals surface area contributed by atoms with E-state index in [4.69, 9.17) is 0 Å². The van der Waals surface area contributed by atoms with Gasteiger partial charge in [0.1, 0.15) is 5.69 Å². The van der Waals surface area contributed by atoms with Crippen LogP contribution in [0, 0.1) is 0 Å². The molecule has 1 heterocycles. The van der Waals surface area contributed by atoms with Crippen LogP contribution in [-0.4, -0.2) is 10.5 Å². The third-order valence-corrected chi connectivity index (χ3v) is 3.79. The predicted octanol–water partition coefficient (Wildman–Crippen LogP) is 4.15. The van der Waals surface area contributed by atoms with E-state index in [1.807, 2.05) is 54.1 Å². The monoisotopic (exact) mass is 334 g/mol. The van der Waals surface area contributed by atoms with Crippen molar-refractivity contribution in [3.8, 4) is 0 Å². The minimum Gasteiger partial charge on any atom is -0.344 e. The summed E-state index contributed by atoms with van der Waals surface area (Å²) in [5.41, 5.74) is 1.82. The first kappa shape index (κ1) is 14.9. The fourth-order valence-electron chi connectivity index (χ4n) is 2.27. The van der Waals surface area contributed by atoms with Gasteiger partial charge in [-0.3, -0.25) is 4.79 Å². The van der Waals surface area contributed by atoms with E-state index >= 15 is 0 Å². The number of aromatic nitrogens is 1. The maximum atomic E-state index is 12.4. The highest BCUT2D eigenvalue weighted by molar-refractivity contribution is 9.10. The molecule has 0 aliphatic heterocycles. The van der Waals surface area contributed by atoms with E-state index in [2.05, 4.69) is 28.2 Å². The Kier molecular flexibility index (Phi) is 5.01. The number of halogens is 1. The van der Waals surface area contributed by atoms with Crippen molar-refractivity contribution in [2.24, 2.45) is 0 Å². The molecule has 0 spiro atoms. The molecule has 106 valence electrons. The number of hydrogen-bond donors (Lipinski definition) is 1. The van der Waals surface area contributed by atoms with Crippen LogP contribution in [0.15, 0.2) is 47.1 Å². The molecule has 0 bridgehead atoms. The normalized spacial score (nSPS) is 12.2. The van der Waals surface area contributed by atoms with Crippen molar-refractivity contribution in [3.63, 3.8) is 0 Å². The molecule has 3 nitrogen and oxygen atoms in total. The van der Waals surface area contributed by atoms with Crippen molar-refractivity contribution in [3.05, 3.63) is 58.3 Å². The van der Waals surface area contributed by atoms with Crippen LogP contribution in [0.4, 0.5) is 0 Å². The molecule has 1 atom stereocenters. The third-order valence-electron chi connectivity index (χ3n) is 3.35. The Balaban J connectivity index is 2.17. The molecule has 0 fully saturated rings. The first-order valence-electron chi connectivity index (χ1n) is 6.87. The Morgan fingerprint density at radius 1 is 1.30 bits per heavy atom. The predicted molar refractivity (Wildman–Crippen MR) is 84.7 cm³/mol. The van der Waals surface area contributed by atoms with Gasteiger partial charge in [-0.2, -0.15) is 0 Å². The van der Waals surface area contributed by atoms with Crippen LogP contribution < -0.4 is 5.32 Å². The lowest BCUT2D eigenvalue weighted by atomic mass is 10.0. The molecule has 1 aromatic heterocycles. The molecule has 4 heteroatoms. The number of benzene rings is 1. The van der Waals surface area contributed by atoms with E-state index in [1.54, 1.807) is 0 Å². The average molecular weight is 335 g/mol. The fraction of sp³-hybridized carbons (Fsp3) is 0.312. The highest BCUT2D eigenvalue weighted by Gasteiger charge is 2.17. The molecule has 0 aliphatic rings. The van der Waals surface area contributed by atoms with Crippen LogP contribution >= 0.6 is 15.9 Å². The summed E-state index contributed by atoms with van der Waals surface area (Å²) in [6, 6.07) is 12.0. The highest BCUT2D eigenvalue weighted by Crippen LogP contribution is 2.19. The Hall–Kier alpha value is -1.55. The zero-order valence-corrected chi connectivity index (χ0v) is 13.4. The standard InChI is InChI=1S/C16H19BrN2O/c1-3-14(12-8-6-5-7-9-12)18-16(20)15-10-13(17)11-19(15)4-2/h5-11,14H,3-4H2,1-2H3,(H,18,20). The maximum Gasteiger partial charge on any atom is 0.268 e. The number of nitrogens with one attached hydrogen (secondary N) is 1. The van der Waals surface area contributed by atoms with Gasteiger partial charge in [-0.1, -0.05) is 37.3 Å². The van der Waals surface area contributed by atoms with Gasteiger partial charge >= 0.3 is 0 Å². The Bertz CT molecular complexity index is 577. The molecule has 0 aliphatic carbocycles. The second-order valence-electron chi connectivity index (χ2n) is 4.67. The van der Waals surface area contributed by atoms with Gasteiger partial charge in [0, 0.05) is 17.2 Å². The molecule has 1 unspecified atom stereocenters. The van der Waals surface area contributed by atoms with Crippen LogP contribution in [0.2, 0.25) is 0 Å². The van der Waals surface area contributed by atoms with Gasteiger partial charge in [0.2, 0.25) is 0 Å². The Morgan fingerprint density at radius 2 is 2.00 bits per heavy atom. The van der Waals surface area contributed by atoms with E-state index < -0.39 is 0 Å². The number of nitrogens with zero attached hydrogens (tertiary/aromatic N) is 1. The van der Waals surface area contributed by atoms with Crippen LogP contribution in [0.25, 0.3) is 0 Å². The van der Waals surface area contributed by atoms with Crippen LogP contribution in [0.1, 0.15) is 42.4 Å². The molecule has 0 saturated carbocycles. The van der Waals surface area contributed by atoms with Gasteiger partial charge < -0.3 is 9.88 Å². The van der Waals surface area contributed by atoms with Gasteiger partial charge in [-0.15, -0.1) is 0 Å². The molecule has 1 N–H and O–H groups in total. The number of carbonyl (C=O) groups is 1. The summed E-state index contributed by atoms with van der Waals surface area (Å²) < 4.78 is 2.87. The van der Waals surface area contributed by atoms with Crippen molar-refractivity contribution in [2.45, 2.75) is 32.9 Å². The van der Waals surface area contributed by atoms with E-state index in [9.17, 15) is 4.79 Å². The minimum absolute atomic E-state index is 0.0340. The van der Waals surface area contributed by atoms with Crippen LogP contribution in [0.5, 0.6) is 0 Å². The number of amides is 1. The number of aryl methyl sites for hydroxylation is 1. The maximum absolute atomic E-state index is 12.4. The first-order valence-corrected chi connectivity index (χ1v) is 7.66. The summed E-state index contributed by atoms with van der Waals surface area (Å²) in [6.07, 6.45) is 2.79. The summed E-state index contributed by atoms with van der Waals surface area (Å²) in [4.78, 5) is 12.4. The molecule has 0 radical (unpaired) electrons. The average Bonchev–Trinajstić information content (AvgIpc) is 2.86. The number of carbonyl (C=O) groups excluding carboxylic acids is 1. The topological polar surface area (TPSA) is 34.0 Å². The third kappa shape index (κ3) is 3.31. The van der Waals surface area contributed by atoms with E-state index in [0.29, 0.717) is 5.69 Å². The van der Waals surface area contributed by atoms with Crippen molar-refractivity contribution >= 4 is 21.8 Å². The molecule has 2 aromatic rings. The van der Waals surface area contributed by atoms with Crippen molar-refractivity contribution in [2.75, 3.05) is 0 Å². The second kappa shape index (κ2) is 6.75. The zero-order chi connectivity index (χ0) is 14.5. The van der Waals surface area contributed by atoms with Gasteiger partial charge in [0.15, 0.2) is 0 Å². The van der Waals surface area contributed by atoms with Crippen molar-refractivity contribution < 1.29 is 4.79 Å². The Labute approximate surface area is 128 Å². The fourth-order valence-corrected chi connectivity index (χ4v) is 2.73. The Morgan fingerprint density at radius 3 is 2.60 bits per heavy atom. The summed E-state index contributed by atoms with van der Waals surface area (Å²) in [6.45, 7) is 4.88. The summed E-state index contributed by atoms with van der Waals surface area (Å²) in [5, 5.41) is 3.11. The second-order valence-corrected chi connectivity index (χ2v) is 5.59. The van der Waals surface area contributed by atoms with Crippen molar-refractivity contribution in [1.82, 2.24) is 9.88 Å². The SMILES string of the molecule is CCC(NC(=O)c1cc(Br)cn1CC)c1ccccc1. The van der Waals surface area contributed by atoms with E-state index in [0.717, 1.165) is 23.0 Å². The van der Waals surface area contributed by atoms with Crippen molar-refractivity contribution in [1.29, 1.82) is 0 Å². The van der Waals surface area contributed by atoms with Crippen LogP contribution in [0.3, 0.4) is 0 Å². The highest BCUT2D eigenvalue weighted by atomic mass is 79.9.